The molecule has 0 spiro atoms. The number of aliphatic hydroxyl groups excluding tert-OH is 1. The lowest BCUT2D eigenvalue weighted by molar-refractivity contribution is 0.101. The minimum Gasteiger partial charge on any atom is -0.394 e. The Hall–Kier alpha value is -1.60. The average Bonchev–Trinajstić information content (AvgIpc) is 3.15. The number of imidazole rings is 1. The van der Waals surface area contributed by atoms with Crippen LogP contribution in [0, 0.1) is 5.92 Å². The smallest absolute Gasteiger partial charge is 0.315 e. The van der Waals surface area contributed by atoms with E-state index in [1.165, 1.54) is 19.3 Å². The highest BCUT2D eigenvalue weighted by Crippen LogP contribution is 2.32. The molecule has 126 valence electrons. The Bertz CT molecular complexity index is 633. The number of amides is 2. The van der Waals surface area contributed by atoms with Crippen LogP contribution in [-0.2, 0) is 6.54 Å². The summed E-state index contributed by atoms with van der Waals surface area (Å²) in [6.45, 7) is 2.28. The summed E-state index contributed by atoms with van der Waals surface area (Å²) in [4.78, 5) is 17.6. The van der Waals surface area contributed by atoms with Crippen molar-refractivity contribution in [1.82, 2.24) is 20.0 Å². The van der Waals surface area contributed by atoms with Gasteiger partial charge in [0.15, 0.2) is 4.96 Å². The van der Waals surface area contributed by atoms with E-state index < -0.39 is 5.54 Å². The van der Waals surface area contributed by atoms with E-state index in [-0.39, 0.29) is 12.6 Å². The number of thiazole rings is 1. The maximum absolute atomic E-state index is 12.2. The Kier molecular flexibility index (Phi) is 4.87. The molecule has 6 nitrogen and oxygen atoms in total. The van der Waals surface area contributed by atoms with Crippen molar-refractivity contribution in [3.8, 4) is 0 Å². The number of hydrogen-bond donors (Lipinski definition) is 3. The van der Waals surface area contributed by atoms with Gasteiger partial charge < -0.3 is 15.7 Å². The SMILES string of the molecule is C[C@@](CO)(NC(=O)NCc1cn2ccsc2n1)C1CCCCC1. The summed E-state index contributed by atoms with van der Waals surface area (Å²) in [5, 5.41) is 17.6. The standard InChI is InChI=1S/C16H24N4O2S/c1-16(11-21,12-5-3-2-4-6-12)19-14(22)17-9-13-10-20-7-8-23-15(20)18-13/h7-8,10,12,21H,2-6,9,11H2,1H3,(H2,17,19,22)/t16-/m0/s1. The number of fused-ring (bicyclic) bond motifs is 1. The summed E-state index contributed by atoms with van der Waals surface area (Å²) < 4.78 is 1.94. The number of aromatic nitrogens is 2. The monoisotopic (exact) mass is 336 g/mol. The fourth-order valence-electron chi connectivity index (χ4n) is 3.35. The molecule has 0 aromatic carbocycles. The van der Waals surface area contributed by atoms with E-state index >= 15 is 0 Å². The van der Waals surface area contributed by atoms with Crippen LogP contribution in [-0.4, -0.2) is 32.7 Å². The predicted octanol–water partition coefficient (Wildman–Crippen LogP) is 2.53. The van der Waals surface area contributed by atoms with Crippen LogP contribution < -0.4 is 10.6 Å². The van der Waals surface area contributed by atoms with E-state index in [0.29, 0.717) is 12.5 Å². The second-order valence-electron chi connectivity index (χ2n) is 6.54. The number of nitrogens with one attached hydrogen (secondary N) is 2. The molecule has 1 atom stereocenters. The zero-order valence-electron chi connectivity index (χ0n) is 13.4. The summed E-state index contributed by atoms with van der Waals surface area (Å²) in [6.07, 6.45) is 9.59. The summed E-state index contributed by atoms with van der Waals surface area (Å²) in [6, 6.07) is -0.247. The third-order valence-corrected chi connectivity index (χ3v) is 5.58. The molecule has 2 aromatic heterocycles. The third kappa shape index (κ3) is 3.67. The number of aliphatic hydroxyl groups is 1. The van der Waals surface area contributed by atoms with E-state index in [4.69, 9.17) is 0 Å². The van der Waals surface area contributed by atoms with Crippen LogP contribution in [0.5, 0.6) is 0 Å². The van der Waals surface area contributed by atoms with Crippen molar-refractivity contribution in [2.45, 2.75) is 51.1 Å². The second-order valence-corrected chi connectivity index (χ2v) is 7.42. The van der Waals surface area contributed by atoms with Crippen molar-refractivity contribution < 1.29 is 9.90 Å². The van der Waals surface area contributed by atoms with E-state index in [0.717, 1.165) is 23.5 Å². The maximum Gasteiger partial charge on any atom is 0.315 e. The van der Waals surface area contributed by atoms with Crippen LogP contribution in [0.2, 0.25) is 0 Å². The minimum absolute atomic E-state index is 0.0364. The minimum atomic E-state index is -0.556. The molecule has 2 aromatic rings. The zero-order valence-corrected chi connectivity index (χ0v) is 14.2. The zero-order chi connectivity index (χ0) is 16.3. The number of nitrogens with zero attached hydrogens (tertiary/aromatic N) is 2. The molecule has 1 aliphatic carbocycles. The normalized spacial score (nSPS) is 18.7. The Labute approximate surface area is 139 Å². The Morgan fingerprint density at radius 3 is 2.96 bits per heavy atom. The number of rotatable bonds is 5. The highest BCUT2D eigenvalue weighted by Gasteiger charge is 2.35. The van der Waals surface area contributed by atoms with E-state index in [9.17, 15) is 9.90 Å². The van der Waals surface area contributed by atoms with Gasteiger partial charge >= 0.3 is 6.03 Å². The van der Waals surface area contributed by atoms with Gasteiger partial charge in [-0.2, -0.15) is 0 Å². The first-order valence-electron chi connectivity index (χ1n) is 8.19. The molecule has 23 heavy (non-hydrogen) atoms. The van der Waals surface area contributed by atoms with Crippen LogP contribution in [0.4, 0.5) is 4.79 Å². The molecule has 3 N–H and O–H groups in total. The van der Waals surface area contributed by atoms with E-state index in [1.54, 1.807) is 11.3 Å². The largest absolute Gasteiger partial charge is 0.394 e. The number of carbonyl (C=O) groups excluding carboxylic acids is 1. The van der Waals surface area contributed by atoms with Crippen molar-refractivity contribution in [3.05, 3.63) is 23.5 Å². The predicted molar refractivity (Wildman–Crippen MR) is 90.5 cm³/mol. The molecule has 2 heterocycles. The van der Waals surface area contributed by atoms with Crippen LogP contribution in [0.25, 0.3) is 4.96 Å². The lowest BCUT2D eigenvalue weighted by Crippen LogP contribution is -2.57. The molecule has 3 rings (SSSR count). The van der Waals surface area contributed by atoms with Gasteiger partial charge in [-0.3, -0.25) is 4.40 Å². The Morgan fingerprint density at radius 2 is 2.26 bits per heavy atom. The molecule has 0 saturated heterocycles. The number of carbonyl (C=O) groups is 1. The third-order valence-electron chi connectivity index (χ3n) is 4.81. The van der Waals surface area contributed by atoms with Gasteiger partial charge in [-0.1, -0.05) is 19.3 Å². The van der Waals surface area contributed by atoms with Gasteiger partial charge in [0.2, 0.25) is 0 Å². The Balaban J connectivity index is 1.55. The molecule has 1 fully saturated rings. The highest BCUT2D eigenvalue weighted by atomic mass is 32.1. The molecule has 0 aliphatic heterocycles. The quantitative estimate of drug-likeness (QED) is 0.785. The summed E-state index contributed by atoms with van der Waals surface area (Å²) in [5.74, 6) is 0.338. The van der Waals surface area contributed by atoms with Gasteiger partial charge in [0, 0.05) is 17.8 Å². The second kappa shape index (κ2) is 6.88. The van der Waals surface area contributed by atoms with Crippen LogP contribution >= 0.6 is 11.3 Å². The molecule has 1 saturated carbocycles. The topological polar surface area (TPSA) is 78.7 Å². The first-order chi connectivity index (χ1) is 11.1. The molecule has 2 amide bonds. The molecule has 0 unspecified atom stereocenters. The van der Waals surface area contributed by atoms with Crippen molar-refractivity contribution in [1.29, 1.82) is 0 Å². The first kappa shape index (κ1) is 16.3. The number of hydrogen-bond acceptors (Lipinski definition) is 4. The Morgan fingerprint density at radius 1 is 1.48 bits per heavy atom. The van der Waals surface area contributed by atoms with Gasteiger partial charge in [-0.25, -0.2) is 9.78 Å². The summed E-state index contributed by atoms with van der Waals surface area (Å²) in [5.41, 5.74) is 0.273. The van der Waals surface area contributed by atoms with Gasteiger partial charge in [0.1, 0.15) is 0 Å². The average molecular weight is 336 g/mol. The van der Waals surface area contributed by atoms with Crippen LogP contribution in [0.1, 0.15) is 44.7 Å². The maximum atomic E-state index is 12.2. The fraction of sp³-hybridized carbons (Fsp3) is 0.625. The molecule has 0 radical (unpaired) electrons. The van der Waals surface area contributed by atoms with Gasteiger partial charge in [-0.15, -0.1) is 11.3 Å². The lowest BCUT2D eigenvalue weighted by atomic mass is 9.76. The first-order valence-corrected chi connectivity index (χ1v) is 9.06. The van der Waals surface area contributed by atoms with E-state index in [2.05, 4.69) is 15.6 Å². The van der Waals surface area contributed by atoms with Crippen molar-refractivity contribution >= 4 is 22.3 Å². The fourth-order valence-corrected chi connectivity index (χ4v) is 4.06. The summed E-state index contributed by atoms with van der Waals surface area (Å²) >= 11 is 1.57. The summed E-state index contributed by atoms with van der Waals surface area (Å²) in [7, 11) is 0. The van der Waals surface area contributed by atoms with E-state index in [1.807, 2.05) is 29.1 Å². The van der Waals surface area contributed by atoms with Crippen LogP contribution in [0.3, 0.4) is 0 Å². The van der Waals surface area contributed by atoms with Crippen molar-refractivity contribution in [3.63, 3.8) is 0 Å². The van der Waals surface area contributed by atoms with Gasteiger partial charge in [0.25, 0.3) is 0 Å². The lowest BCUT2D eigenvalue weighted by Gasteiger charge is -2.39. The van der Waals surface area contributed by atoms with Gasteiger partial charge in [0.05, 0.1) is 24.4 Å². The van der Waals surface area contributed by atoms with Crippen molar-refractivity contribution in [2.24, 2.45) is 5.92 Å². The van der Waals surface area contributed by atoms with Crippen LogP contribution in [0.15, 0.2) is 17.8 Å². The molecule has 0 bridgehead atoms. The number of urea groups is 1. The molecular formula is C16H24N4O2S. The molecule has 1 aliphatic rings. The van der Waals surface area contributed by atoms with Crippen molar-refractivity contribution in [2.75, 3.05) is 6.61 Å². The molecular weight excluding hydrogens is 312 g/mol. The molecule has 7 heteroatoms. The highest BCUT2D eigenvalue weighted by molar-refractivity contribution is 7.15. The van der Waals surface area contributed by atoms with Gasteiger partial charge in [-0.05, 0) is 25.7 Å².